The summed E-state index contributed by atoms with van der Waals surface area (Å²) in [6, 6.07) is 7.20. The molecule has 1 aromatic carbocycles. The van der Waals surface area contributed by atoms with Gasteiger partial charge >= 0.3 is 0 Å². The molecule has 4 nitrogen and oxygen atoms in total. The zero-order valence-electron chi connectivity index (χ0n) is 8.43. The Morgan fingerprint density at radius 1 is 1.27 bits per heavy atom. The summed E-state index contributed by atoms with van der Waals surface area (Å²) in [4.78, 5) is 0. The quantitative estimate of drug-likeness (QED) is 0.776. The maximum absolute atomic E-state index is 11.1. The van der Waals surface area contributed by atoms with Crippen LogP contribution in [0.4, 0.5) is 5.69 Å². The van der Waals surface area contributed by atoms with Crippen molar-refractivity contribution in [3.63, 3.8) is 0 Å². The van der Waals surface area contributed by atoms with Gasteiger partial charge in [0.05, 0.1) is 5.75 Å². The number of hydrogen-bond acceptors (Lipinski definition) is 3. The van der Waals surface area contributed by atoms with Crippen LogP contribution in [0.15, 0.2) is 24.3 Å². The van der Waals surface area contributed by atoms with E-state index < -0.39 is 10.0 Å². The van der Waals surface area contributed by atoms with Crippen LogP contribution in [-0.2, 0) is 16.4 Å². The molecule has 1 rings (SSSR count). The zero-order valence-corrected chi connectivity index (χ0v) is 10.1. The van der Waals surface area contributed by atoms with Crippen molar-refractivity contribution >= 4 is 28.1 Å². The average Bonchev–Trinajstić information content (AvgIpc) is 2.17. The zero-order chi connectivity index (χ0) is 10.6. The number of hydrogen-bond donors (Lipinski definition) is 2. The summed E-state index contributed by atoms with van der Waals surface area (Å²) in [5.74, 6) is 0.105. The van der Waals surface area contributed by atoms with Crippen LogP contribution in [-0.4, -0.2) is 21.2 Å². The van der Waals surface area contributed by atoms with Crippen molar-refractivity contribution in [1.82, 2.24) is 4.72 Å². The molecule has 0 aliphatic heterocycles. The number of anilines is 1. The summed E-state index contributed by atoms with van der Waals surface area (Å²) >= 11 is 0. The van der Waals surface area contributed by atoms with Gasteiger partial charge in [0.2, 0.25) is 10.0 Å². The van der Waals surface area contributed by atoms with E-state index in [1.54, 1.807) is 12.1 Å². The second kappa shape index (κ2) is 5.95. The topological polar surface area (TPSA) is 72.2 Å². The average molecular weight is 251 g/mol. The van der Waals surface area contributed by atoms with E-state index in [0.29, 0.717) is 12.1 Å². The van der Waals surface area contributed by atoms with E-state index in [-0.39, 0.29) is 18.2 Å². The van der Waals surface area contributed by atoms with Crippen LogP contribution < -0.4 is 10.5 Å². The largest absolute Gasteiger partial charge is 0.399 e. The summed E-state index contributed by atoms with van der Waals surface area (Å²) in [7, 11) is -1.69. The van der Waals surface area contributed by atoms with Gasteiger partial charge in [0.1, 0.15) is 0 Å². The molecule has 1 aromatic rings. The Bertz CT molecular complexity index is 389. The van der Waals surface area contributed by atoms with Gasteiger partial charge in [-0.3, -0.25) is 0 Å². The van der Waals surface area contributed by atoms with Crippen molar-refractivity contribution < 1.29 is 8.42 Å². The first kappa shape index (κ1) is 14.2. The normalized spacial score (nSPS) is 10.7. The third-order valence-electron chi connectivity index (χ3n) is 1.95. The van der Waals surface area contributed by atoms with Crippen molar-refractivity contribution in [3.8, 4) is 0 Å². The molecule has 0 aromatic heterocycles. The molecule has 0 fully saturated rings. The number of aryl methyl sites for hydroxylation is 1. The van der Waals surface area contributed by atoms with Crippen LogP contribution in [0.25, 0.3) is 0 Å². The molecule has 86 valence electrons. The van der Waals surface area contributed by atoms with E-state index in [1.807, 2.05) is 12.1 Å². The fourth-order valence-corrected chi connectivity index (χ4v) is 1.75. The molecule has 0 heterocycles. The molecule has 0 bridgehead atoms. The highest BCUT2D eigenvalue weighted by atomic mass is 35.5. The first-order valence-electron chi connectivity index (χ1n) is 4.29. The van der Waals surface area contributed by atoms with Gasteiger partial charge in [0.15, 0.2) is 0 Å². The Morgan fingerprint density at radius 2 is 1.80 bits per heavy atom. The van der Waals surface area contributed by atoms with E-state index >= 15 is 0 Å². The molecular weight excluding hydrogens is 236 g/mol. The summed E-state index contributed by atoms with van der Waals surface area (Å²) in [6.07, 6.45) is 0.503. The molecule has 0 unspecified atom stereocenters. The van der Waals surface area contributed by atoms with Crippen LogP contribution in [0.5, 0.6) is 0 Å². The van der Waals surface area contributed by atoms with Gasteiger partial charge in [0.25, 0.3) is 0 Å². The second-order valence-corrected chi connectivity index (χ2v) is 5.06. The van der Waals surface area contributed by atoms with Gasteiger partial charge in [-0.05, 0) is 31.2 Å². The Kier molecular flexibility index (Phi) is 5.64. The number of nitrogens with two attached hydrogens (primary N) is 1. The molecule has 0 spiro atoms. The van der Waals surface area contributed by atoms with Gasteiger partial charge in [-0.2, -0.15) is 0 Å². The first-order valence-corrected chi connectivity index (χ1v) is 5.94. The molecule has 0 aliphatic rings. The molecule has 0 radical (unpaired) electrons. The lowest BCUT2D eigenvalue weighted by Gasteiger charge is -2.02. The second-order valence-electron chi connectivity index (χ2n) is 3.01. The van der Waals surface area contributed by atoms with Crippen molar-refractivity contribution in [1.29, 1.82) is 0 Å². The van der Waals surface area contributed by atoms with Gasteiger partial charge in [-0.25, -0.2) is 13.1 Å². The number of halogens is 1. The highest BCUT2D eigenvalue weighted by Gasteiger charge is 2.06. The molecule has 6 heteroatoms. The Balaban J connectivity index is 0.00000196. The smallest absolute Gasteiger partial charge is 0.211 e. The molecular formula is C9H15ClN2O2S. The number of nitrogen functional groups attached to an aromatic ring is 1. The van der Waals surface area contributed by atoms with Crippen LogP contribution in [0.2, 0.25) is 0 Å². The monoisotopic (exact) mass is 250 g/mol. The highest BCUT2D eigenvalue weighted by molar-refractivity contribution is 7.89. The molecule has 3 N–H and O–H groups in total. The Morgan fingerprint density at radius 3 is 2.27 bits per heavy atom. The molecule has 0 aliphatic carbocycles. The molecule has 0 saturated heterocycles. The number of nitrogens with one attached hydrogen (secondary N) is 1. The lowest BCUT2D eigenvalue weighted by Crippen LogP contribution is -2.23. The maximum Gasteiger partial charge on any atom is 0.211 e. The van der Waals surface area contributed by atoms with Gasteiger partial charge in [-0.1, -0.05) is 12.1 Å². The molecule has 0 saturated carbocycles. The first-order chi connectivity index (χ1) is 6.53. The van der Waals surface area contributed by atoms with Crippen LogP contribution in [0.1, 0.15) is 5.56 Å². The minimum atomic E-state index is -3.11. The fraction of sp³-hybridized carbons (Fsp3) is 0.333. The van der Waals surface area contributed by atoms with Crippen molar-refractivity contribution in [2.24, 2.45) is 0 Å². The SMILES string of the molecule is CNS(=O)(=O)CCc1ccc(N)cc1.Cl. The molecule has 15 heavy (non-hydrogen) atoms. The number of benzene rings is 1. The van der Waals surface area contributed by atoms with Crippen molar-refractivity contribution in [2.75, 3.05) is 18.5 Å². The van der Waals surface area contributed by atoms with E-state index in [9.17, 15) is 8.42 Å². The van der Waals surface area contributed by atoms with Gasteiger partial charge < -0.3 is 5.73 Å². The van der Waals surface area contributed by atoms with Gasteiger partial charge in [-0.15, -0.1) is 12.4 Å². The van der Waals surface area contributed by atoms with Crippen molar-refractivity contribution in [3.05, 3.63) is 29.8 Å². The number of sulfonamides is 1. The summed E-state index contributed by atoms with van der Waals surface area (Å²) < 4.78 is 24.5. The van der Waals surface area contributed by atoms with E-state index in [0.717, 1.165) is 5.56 Å². The fourth-order valence-electron chi connectivity index (χ4n) is 1.04. The predicted octanol–water partition coefficient (Wildman–Crippen LogP) is 0.782. The molecule has 0 amide bonds. The third kappa shape index (κ3) is 5.01. The van der Waals surface area contributed by atoms with E-state index in [4.69, 9.17) is 5.73 Å². The van der Waals surface area contributed by atoms with E-state index in [1.165, 1.54) is 7.05 Å². The van der Waals surface area contributed by atoms with Crippen LogP contribution in [0.3, 0.4) is 0 Å². The highest BCUT2D eigenvalue weighted by Crippen LogP contribution is 2.06. The predicted molar refractivity (Wildman–Crippen MR) is 64.7 cm³/mol. The summed E-state index contributed by atoms with van der Waals surface area (Å²) in [5, 5.41) is 0. The Hall–Kier alpha value is -0.780. The minimum Gasteiger partial charge on any atom is -0.399 e. The van der Waals surface area contributed by atoms with Crippen LogP contribution >= 0.6 is 12.4 Å². The van der Waals surface area contributed by atoms with Crippen molar-refractivity contribution in [2.45, 2.75) is 6.42 Å². The van der Waals surface area contributed by atoms with E-state index in [2.05, 4.69) is 4.72 Å². The number of rotatable bonds is 4. The summed E-state index contributed by atoms with van der Waals surface area (Å²) in [6.45, 7) is 0. The standard InChI is InChI=1S/C9H14N2O2S.ClH/c1-11-14(12,13)7-6-8-2-4-9(10)5-3-8;/h2-5,11H,6-7,10H2,1H3;1H. The maximum atomic E-state index is 11.1. The third-order valence-corrected chi connectivity index (χ3v) is 3.31. The molecule has 0 atom stereocenters. The lowest BCUT2D eigenvalue weighted by molar-refractivity contribution is 0.587. The van der Waals surface area contributed by atoms with Gasteiger partial charge in [0, 0.05) is 5.69 Å². The lowest BCUT2D eigenvalue weighted by atomic mass is 10.2. The Labute approximate surface area is 96.3 Å². The summed E-state index contributed by atoms with van der Waals surface area (Å²) in [5.41, 5.74) is 7.16. The van der Waals surface area contributed by atoms with Crippen LogP contribution in [0, 0.1) is 0 Å². The minimum absolute atomic E-state index is 0.